The van der Waals surface area contributed by atoms with Crippen molar-refractivity contribution in [2.24, 2.45) is 5.92 Å². The Bertz CT molecular complexity index is 1120. The number of phenolic OH excluding ortho intramolecular Hbond substituents is 1. The molecule has 2 aliphatic rings. The molecule has 0 unspecified atom stereocenters. The second kappa shape index (κ2) is 11.1. The fourth-order valence-corrected chi connectivity index (χ4v) is 4.97. The lowest BCUT2D eigenvalue weighted by molar-refractivity contribution is -0.187. The van der Waals surface area contributed by atoms with Gasteiger partial charge in [-0.25, -0.2) is 14.8 Å². The lowest BCUT2D eigenvalue weighted by atomic mass is 9.98. The molecule has 4 amide bonds. The number of hydrogen-bond acceptors (Lipinski definition) is 6. The molecule has 2 aliphatic heterocycles. The molecule has 0 bridgehead atoms. The highest BCUT2D eigenvalue weighted by atomic mass is 16.5. The van der Waals surface area contributed by atoms with Crippen LogP contribution in [0.25, 0.3) is 0 Å². The van der Waals surface area contributed by atoms with Crippen molar-refractivity contribution >= 4 is 17.8 Å². The molecule has 10 heteroatoms. The zero-order valence-electron chi connectivity index (χ0n) is 21.8. The van der Waals surface area contributed by atoms with Crippen LogP contribution < -0.4 is 10.1 Å². The third-order valence-electron chi connectivity index (χ3n) is 6.70. The van der Waals surface area contributed by atoms with E-state index in [1.165, 1.54) is 0 Å². The largest absolute Gasteiger partial charge is 0.508 e. The predicted octanol–water partition coefficient (Wildman–Crippen LogP) is 2.04. The van der Waals surface area contributed by atoms with Gasteiger partial charge in [0.15, 0.2) is 0 Å². The number of hydrazine groups is 1. The lowest BCUT2D eigenvalue weighted by Crippen LogP contribution is -2.76. The van der Waals surface area contributed by atoms with Gasteiger partial charge in [-0.05, 0) is 41.3 Å². The molecule has 0 aromatic heterocycles. The molecule has 2 fully saturated rings. The van der Waals surface area contributed by atoms with Gasteiger partial charge in [-0.1, -0.05) is 38.1 Å². The van der Waals surface area contributed by atoms with Crippen LogP contribution in [0.5, 0.6) is 11.5 Å². The Kier molecular flexibility index (Phi) is 7.87. The standard InChI is InChI=1S/C27H35N5O5/c1-18(2)15-30-16-24-31(23(26(30)35)13-19-5-9-21(33)10-6-19)25(34)17-29(3)32(24)27(36)28-14-20-7-11-22(37-4)12-8-20/h5-12,18,23-24,33H,13-17H2,1-4H3,(H,28,36)/t23-,24-/m0/s1. The number of nitrogens with one attached hydrogen (secondary N) is 1. The summed E-state index contributed by atoms with van der Waals surface area (Å²) >= 11 is 0. The van der Waals surface area contributed by atoms with Crippen LogP contribution in [0.3, 0.4) is 0 Å². The first-order valence-corrected chi connectivity index (χ1v) is 12.5. The third kappa shape index (κ3) is 5.80. The number of benzene rings is 2. The molecule has 0 saturated carbocycles. The van der Waals surface area contributed by atoms with Crippen LogP contribution in [0.4, 0.5) is 4.79 Å². The number of rotatable bonds is 7. The highest BCUT2D eigenvalue weighted by molar-refractivity contribution is 5.91. The van der Waals surface area contributed by atoms with Gasteiger partial charge in [0.2, 0.25) is 11.8 Å². The van der Waals surface area contributed by atoms with Crippen molar-refractivity contribution in [3.8, 4) is 11.5 Å². The Labute approximate surface area is 217 Å². The van der Waals surface area contributed by atoms with E-state index in [0.29, 0.717) is 19.5 Å². The fourth-order valence-electron chi connectivity index (χ4n) is 4.97. The van der Waals surface area contributed by atoms with Crippen LogP contribution in [0.1, 0.15) is 25.0 Å². The smallest absolute Gasteiger partial charge is 0.334 e. The van der Waals surface area contributed by atoms with Gasteiger partial charge in [0.1, 0.15) is 23.7 Å². The van der Waals surface area contributed by atoms with Gasteiger partial charge in [-0.2, -0.15) is 0 Å². The van der Waals surface area contributed by atoms with E-state index in [1.54, 1.807) is 58.2 Å². The minimum atomic E-state index is -0.750. The molecule has 2 atom stereocenters. The summed E-state index contributed by atoms with van der Waals surface area (Å²) in [6.07, 6.45) is -0.346. The van der Waals surface area contributed by atoms with E-state index in [9.17, 15) is 19.5 Å². The van der Waals surface area contributed by atoms with E-state index in [4.69, 9.17) is 4.74 Å². The molecular weight excluding hydrogens is 474 g/mol. The van der Waals surface area contributed by atoms with Gasteiger partial charge in [0, 0.05) is 26.6 Å². The van der Waals surface area contributed by atoms with Crippen LogP contribution >= 0.6 is 0 Å². The minimum Gasteiger partial charge on any atom is -0.508 e. The van der Waals surface area contributed by atoms with Gasteiger partial charge in [-0.3, -0.25) is 9.59 Å². The average molecular weight is 510 g/mol. The van der Waals surface area contributed by atoms with Crippen LogP contribution in [0, 0.1) is 5.92 Å². The first-order valence-electron chi connectivity index (χ1n) is 12.5. The van der Waals surface area contributed by atoms with Gasteiger partial charge >= 0.3 is 6.03 Å². The number of ether oxygens (including phenoxy) is 1. The topological polar surface area (TPSA) is 106 Å². The van der Waals surface area contributed by atoms with Crippen molar-refractivity contribution < 1.29 is 24.2 Å². The van der Waals surface area contributed by atoms with Crippen LogP contribution in [-0.4, -0.2) is 88.8 Å². The molecule has 2 N–H and O–H groups in total. The number of aromatic hydroxyl groups is 1. The maximum Gasteiger partial charge on any atom is 0.334 e. The normalized spacial score (nSPS) is 20.3. The number of phenols is 1. The molecule has 10 nitrogen and oxygen atoms in total. The second-order valence-electron chi connectivity index (χ2n) is 9.97. The van der Waals surface area contributed by atoms with Gasteiger partial charge < -0.3 is 25.0 Å². The SMILES string of the molecule is COc1ccc(CNC(=O)N2[C@H]3CN(CC(C)C)C(=O)[C@H](Cc4ccc(O)cc4)N3C(=O)CN2C)cc1. The van der Waals surface area contributed by atoms with Gasteiger partial charge in [-0.15, -0.1) is 0 Å². The fraction of sp³-hybridized carbons (Fsp3) is 0.444. The summed E-state index contributed by atoms with van der Waals surface area (Å²) in [4.78, 5) is 43.7. The Morgan fingerprint density at radius 2 is 1.73 bits per heavy atom. The summed E-state index contributed by atoms with van der Waals surface area (Å²) in [5, 5.41) is 15.8. The number of carbonyl (C=O) groups is 3. The Balaban J connectivity index is 1.59. The van der Waals surface area contributed by atoms with Crippen molar-refractivity contribution in [2.75, 3.05) is 33.8 Å². The first-order chi connectivity index (χ1) is 17.7. The quantitative estimate of drug-likeness (QED) is 0.592. The van der Waals surface area contributed by atoms with E-state index in [0.717, 1.165) is 16.9 Å². The number of piperazine rings is 1. The third-order valence-corrected chi connectivity index (χ3v) is 6.70. The Morgan fingerprint density at radius 1 is 1.08 bits per heavy atom. The van der Waals surface area contributed by atoms with E-state index in [2.05, 4.69) is 5.32 Å². The molecule has 2 aromatic carbocycles. The van der Waals surface area contributed by atoms with Crippen molar-refractivity contribution in [3.05, 3.63) is 59.7 Å². The number of urea groups is 1. The number of carbonyl (C=O) groups excluding carboxylic acids is 3. The molecule has 0 radical (unpaired) electrons. The highest BCUT2D eigenvalue weighted by Crippen LogP contribution is 2.28. The van der Waals surface area contributed by atoms with Crippen LogP contribution in [0.2, 0.25) is 0 Å². The molecule has 198 valence electrons. The highest BCUT2D eigenvalue weighted by Gasteiger charge is 2.50. The predicted molar refractivity (Wildman–Crippen MR) is 137 cm³/mol. The van der Waals surface area contributed by atoms with E-state index < -0.39 is 12.2 Å². The van der Waals surface area contributed by atoms with E-state index >= 15 is 0 Å². The zero-order valence-corrected chi connectivity index (χ0v) is 21.8. The Morgan fingerprint density at radius 3 is 2.35 bits per heavy atom. The maximum absolute atomic E-state index is 13.6. The van der Waals surface area contributed by atoms with Crippen LogP contribution in [0.15, 0.2) is 48.5 Å². The lowest BCUT2D eigenvalue weighted by Gasteiger charge is -2.54. The van der Waals surface area contributed by atoms with Gasteiger partial charge in [0.25, 0.3) is 0 Å². The van der Waals surface area contributed by atoms with Gasteiger partial charge in [0.05, 0.1) is 20.2 Å². The van der Waals surface area contributed by atoms with Crippen molar-refractivity contribution in [1.82, 2.24) is 25.1 Å². The summed E-state index contributed by atoms with van der Waals surface area (Å²) in [6.45, 7) is 5.11. The molecule has 2 heterocycles. The number of hydrogen-bond donors (Lipinski definition) is 2. The van der Waals surface area contributed by atoms with Crippen molar-refractivity contribution in [3.63, 3.8) is 0 Å². The molecule has 0 aliphatic carbocycles. The molecule has 2 saturated heterocycles. The number of methoxy groups -OCH3 is 1. The maximum atomic E-state index is 13.6. The van der Waals surface area contributed by atoms with E-state index in [-0.39, 0.29) is 42.6 Å². The number of nitrogens with zero attached hydrogens (tertiary/aromatic N) is 4. The molecule has 4 rings (SSSR count). The number of likely N-dealkylation sites (N-methyl/N-ethyl adjacent to an activating group) is 1. The summed E-state index contributed by atoms with van der Waals surface area (Å²) in [6, 6.07) is 13.0. The van der Waals surface area contributed by atoms with Crippen molar-refractivity contribution in [2.45, 2.75) is 39.0 Å². The first kappa shape index (κ1) is 26.3. The summed E-state index contributed by atoms with van der Waals surface area (Å²) in [5.41, 5.74) is 1.73. The number of fused-ring (bicyclic) bond motifs is 1. The molecule has 37 heavy (non-hydrogen) atoms. The van der Waals surface area contributed by atoms with E-state index in [1.807, 2.05) is 38.1 Å². The summed E-state index contributed by atoms with van der Waals surface area (Å²) < 4.78 is 5.19. The Hall–Kier alpha value is -3.79. The zero-order chi connectivity index (χ0) is 26.7. The summed E-state index contributed by atoms with van der Waals surface area (Å²) in [5.74, 6) is 0.756. The summed E-state index contributed by atoms with van der Waals surface area (Å²) in [7, 11) is 3.31. The monoisotopic (exact) mass is 509 g/mol. The average Bonchev–Trinajstić information content (AvgIpc) is 2.86. The van der Waals surface area contributed by atoms with Crippen LogP contribution in [-0.2, 0) is 22.6 Å². The molecular formula is C27H35N5O5. The molecule has 2 aromatic rings. The number of amides is 4. The second-order valence-corrected chi connectivity index (χ2v) is 9.97. The van der Waals surface area contributed by atoms with Crippen molar-refractivity contribution in [1.29, 1.82) is 0 Å². The molecule has 0 spiro atoms. The minimum absolute atomic E-state index is 0.0179.